The molecule has 38 heavy (non-hydrogen) atoms. The lowest BCUT2D eigenvalue weighted by Gasteiger charge is -2.30. The predicted octanol–water partition coefficient (Wildman–Crippen LogP) is 3.96. The van der Waals surface area contributed by atoms with Gasteiger partial charge in [-0.05, 0) is 44.2 Å². The molecule has 1 fully saturated rings. The van der Waals surface area contributed by atoms with E-state index < -0.39 is 0 Å². The quantitative estimate of drug-likeness (QED) is 0.317. The SMILES string of the molecule is Cc1cn2c(-c3cnn(CC(=O)Nc4nccs4)c3)cnc2c(NC2CC(CN3CCCC(C)C3)=NS2)n1. The number of aryl methyl sites for hydroxylation is 1. The summed E-state index contributed by atoms with van der Waals surface area (Å²) in [5, 5.41) is 13.3. The van der Waals surface area contributed by atoms with Crippen LogP contribution in [0, 0.1) is 12.8 Å². The van der Waals surface area contributed by atoms with Gasteiger partial charge in [0.15, 0.2) is 16.6 Å². The summed E-state index contributed by atoms with van der Waals surface area (Å²) in [6, 6.07) is 0. The molecule has 2 N–H and O–H groups in total. The number of piperidine rings is 1. The molecule has 0 aromatic carbocycles. The maximum absolute atomic E-state index is 12.3. The van der Waals surface area contributed by atoms with E-state index in [1.54, 1.807) is 29.0 Å². The third-order valence-electron chi connectivity index (χ3n) is 6.70. The van der Waals surface area contributed by atoms with Gasteiger partial charge < -0.3 is 10.6 Å². The first kappa shape index (κ1) is 25.0. The number of imidazole rings is 1. The number of carbonyl (C=O) groups is 1. The van der Waals surface area contributed by atoms with Crippen LogP contribution < -0.4 is 10.6 Å². The minimum Gasteiger partial charge on any atom is -0.353 e. The molecule has 0 saturated carbocycles. The fraction of sp³-hybridized carbons (Fsp3) is 0.440. The molecule has 0 radical (unpaired) electrons. The van der Waals surface area contributed by atoms with Crippen LogP contribution in [0.25, 0.3) is 16.9 Å². The Hall–Kier alpha value is -3.29. The number of fused-ring (bicyclic) bond motifs is 1. The van der Waals surface area contributed by atoms with Crippen molar-refractivity contribution in [2.45, 2.75) is 45.0 Å². The number of hydrogen-bond donors (Lipinski definition) is 2. The van der Waals surface area contributed by atoms with E-state index in [1.807, 2.05) is 35.3 Å². The molecule has 1 saturated heterocycles. The van der Waals surface area contributed by atoms with Gasteiger partial charge in [0, 0.05) is 54.8 Å². The summed E-state index contributed by atoms with van der Waals surface area (Å²) in [6.45, 7) is 7.68. The van der Waals surface area contributed by atoms with Gasteiger partial charge in [0.25, 0.3) is 0 Å². The average molecular weight is 551 g/mol. The summed E-state index contributed by atoms with van der Waals surface area (Å²) in [7, 11) is 0. The number of nitrogens with zero attached hydrogens (tertiary/aromatic N) is 8. The van der Waals surface area contributed by atoms with Gasteiger partial charge in [-0.2, -0.15) is 5.10 Å². The standard InChI is InChI=1S/C25H30N10OS2/c1-16-4-3-6-33(11-16)14-19-8-22(38-32-19)31-23-24-27-10-20(35(24)12-17(2)29-23)18-9-28-34(13-18)15-21(36)30-25-26-5-7-37-25/h5,7,9-10,12-13,16,22H,3-4,6,8,11,14-15H2,1-2H3,(H,29,31)(H,26,30,36). The highest BCUT2D eigenvalue weighted by Crippen LogP contribution is 2.30. The van der Waals surface area contributed by atoms with Gasteiger partial charge >= 0.3 is 0 Å². The molecule has 198 valence electrons. The van der Waals surface area contributed by atoms with E-state index in [0.29, 0.717) is 5.13 Å². The van der Waals surface area contributed by atoms with Gasteiger partial charge in [-0.1, -0.05) is 6.92 Å². The van der Waals surface area contributed by atoms with Crippen LogP contribution in [0.15, 0.2) is 40.8 Å². The zero-order valence-electron chi connectivity index (χ0n) is 21.4. The smallest absolute Gasteiger partial charge is 0.247 e. The van der Waals surface area contributed by atoms with Crippen molar-refractivity contribution in [3.63, 3.8) is 0 Å². The number of aromatic nitrogens is 6. The first-order chi connectivity index (χ1) is 18.5. The molecule has 11 nitrogen and oxygen atoms in total. The maximum atomic E-state index is 12.3. The third-order valence-corrected chi connectivity index (χ3v) is 8.29. The topological polar surface area (TPSA) is 118 Å². The summed E-state index contributed by atoms with van der Waals surface area (Å²) in [5.41, 5.74) is 4.61. The number of rotatable bonds is 8. The zero-order valence-corrected chi connectivity index (χ0v) is 23.0. The van der Waals surface area contributed by atoms with Crippen molar-refractivity contribution in [3.8, 4) is 11.3 Å². The van der Waals surface area contributed by atoms with E-state index in [9.17, 15) is 4.79 Å². The van der Waals surface area contributed by atoms with Gasteiger partial charge in [0.2, 0.25) is 5.91 Å². The lowest BCUT2D eigenvalue weighted by Crippen LogP contribution is -2.38. The van der Waals surface area contributed by atoms with Gasteiger partial charge in [-0.15, -0.1) is 11.3 Å². The second-order valence-electron chi connectivity index (χ2n) is 9.96. The summed E-state index contributed by atoms with van der Waals surface area (Å²) in [6.07, 6.45) is 12.5. The Labute approximate surface area is 228 Å². The zero-order chi connectivity index (χ0) is 26.1. The Bertz CT molecular complexity index is 1460. The summed E-state index contributed by atoms with van der Waals surface area (Å²) in [4.78, 5) is 28.4. The molecule has 4 aromatic rings. The summed E-state index contributed by atoms with van der Waals surface area (Å²) in [5.74, 6) is 1.33. The molecule has 6 rings (SSSR count). The van der Waals surface area contributed by atoms with Crippen molar-refractivity contribution < 1.29 is 4.79 Å². The van der Waals surface area contributed by atoms with Crippen LogP contribution in [-0.4, -0.2) is 70.7 Å². The van der Waals surface area contributed by atoms with Gasteiger partial charge in [0.1, 0.15) is 11.9 Å². The lowest BCUT2D eigenvalue weighted by atomic mass is 10.00. The normalized spacial score (nSPS) is 20.1. The maximum Gasteiger partial charge on any atom is 0.247 e. The molecular weight excluding hydrogens is 520 g/mol. The molecule has 4 aromatic heterocycles. The highest BCUT2D eigenvalue weighted by atomic mass is 32.2. The van der Waals surface area contributed by atoms with Gasteiger partial charge in [-0.3, -0.25) is 18.8 Å². The van der Waals surface area contributed by atoms with Crippen molar-refractivity contribution in [1.82, 2.24) is 34.0 Å². The molecule has 1 amide bonds. The van der Waals surface area contributed by atoms with E-state index in [0.717, 1.165) is 60.4 Å². The molecule has 2 unspecified atom stereocenters. The number of anilines is 2. The number of amides is 1. The average Bonchev–Trinajstić information content (AvgIpc) is 3.67. The number of nitrogens with one attached hydrogen (secondary N) is 2. The third kappa shape index (κ3) is 5.59. The first-order valence-electron chi connectivity index (χ1n) is 12.8. The molecule has 0 spiro atoms. The van der Waals surface area contributed by atoms with Crippen molar-refractivity contribution >= 4 is 51.5 Å². The van der Waals surface area contributed by atoms with Crippen LogP contribution in [0.1, 0.15) is 31.9 Å². The monoisotopic (exact) mass is 550 g/mol. The van der Waals surface area contributed by atoms with Crippen LogP contribution in [0.5, 0.6) is 0 Å². The lowest BCUT2D eigenvalue weighted by molar-refractivity contribution is -0.116. The predicted molar refractivity (Wildman–Crippen MR) is 152 cm³/mol. The fourth-order valence-electron chi connectivity index (χ4n) is 5.03. The summed E-state index contributed by atoms with van der Waals surface area (Å²) < 4.78 is 8.40. The Morgan fingerprint density at radius 3 is 3.00 bits per heavy atom. The molecular formula is C25H30N10OS2. The minimum absolute atomic E-state index is 0.0985. The highest BCUT2D eigenvalue weighted by molar-refractivity contribution is 7.99. The molecule has 0 aliphatic carbocycles. The largest absolute Gasteiger partial charge is 0.353 e. The Morgan fingerprint density at radius 2 is 2.16 bits per heavy atom. The molecule has 6 heterocycles. The second kappa shape index (κ2) is 10.8. The van der Waals surface area contributed by atoms with Gasteiger partial charge in [0.05, 0.1) is 23.8 Å². The molecule has 2 atom stereocenters. The molecule has 2 aliphatic rings. The number of likely N-dealkylation sites (tertiary alicyclic amines) is 1. The van der Waals surface area contributed by atoms with Crippen molar-refractivity contribution in [2.24, 2.45) is 10.3 Å². The van der Waals surface area contributed by atoms with Crippen LogP contribution in [0.3, 0.4) is 0 Å². The molecule has 13 heteroatoms. The summed E-state index contributed by atoms with van der Waals surface area (Å²) >= 11 is 2.96. The Balaban J connectivity index is 1.13. The van der Waals surface area contributed by atoms with E-state index in [-0.39, 0.29) is 17.8 Å². The van der Waals surface area contributed by atoms with Crippen LogP contribution in [0.2, 0.25) is 0 Å². The van der Waals surface area contributed by atoms with E-state index in [4.69, 9.17) is 9.38 Å². The molecule has 0 bridgehead atoms. The van der Waals surface area contributed by atoms with E-state index in [1.165, 1.54) is 29.9 Å². The van der Waals surface area contributed by atoms with E-state index in [2.05, 4.69) is 37.5 Å². The fourth-order valence-corrected chi connectivity index (χ4v) is 6.42. The minimum atomic E-state index is -0.176. The van der Waals surface area contributed by atoms with Crippen LogP contribution in [0.4, 0.5) is 10.9 Å². The Kier molecular flexibility index (Phi) is 7.13. The van der Waals surface area contributed by atoms with E-state index >= 15 is 0 Å². The number of hydrogen-bond acceptors (Lipinski definition) is 10. The number of thiazole rings is 1. The second-order valence-corrected chi connectivity index (χ2v) is 11.8. The number of carbonyl (C=O) groups excluding carboxylic acids is 1. The first-order valence-corrected chi connectivity index (χ1v) is 14.5. The van der Waals surface area contributed by atoms with Gasteiger partial charge in [-0.25, -0.2) is 19.3 Å². The van der Waals surface area contributed by atoms with Crippen molar-refractivity contribution in [2.75, 3.05) is 30.3 Å². The molecule has 2 aliphatic heterocycles. The highest BCUT2D eigenvalue weighted by Gasteiger charge is 2.25. The van der Waals surface area contributed by atoms with Crippen molar-refractivity contribution in [3.05, 3.63) is 42.1 Å². The van der Waals surface area contributed by atoms with Crippen LogP contribution >= 0.6 is 23.3 Å². The van der Waals surface area contributed by atoms with Crippen molar-refractivity contribution in [1.29, 1.82) is 0 Å². The van der Waals surface area contributed by atoms with Crippen LogP contribution in [-0.2, 0) is 11.3 Å². The Morgan fingerprint density at radius 1 is 1.24 bits per heavy atom.